The number of nitrogen functional groups attached to an aromatic ring is 1. The van der Waals surface area contributed by atoms with Crippen molar-refractivity contribution in [1.29, 1.82) is 0 Å². The van der Waals surface area contributed by atoms with Crippen molar-refractivity contribution in [2.24, 2.45) is 5.73 Å². The average Bonchev–Trinajstić information content (AvgIpc) is 2.38. The Morgan fingerprint density at radius 3 is 2.65 bits per heavy atom. The van der Waals surface area contributed by atoms with Crippen molar-refractivity contribution in [2.75, 3.05) is 19.4 Å². The fraction of sp³-hybridized carbons (Fsp3) is 0.300. The van der Waals surface area contributed by atoms with Gasteiger partial charge in [0.2, 0.25) is 15.9 Å². The zero-order valence-corrected chi connectivity index (χ0v) is 12.9. The van der Waals surface area contributed by atoms with Gasteiger partial charge in [0, 0.05) is 16.7 Å². The van der Waals surface area contributed by atoms with Gasteiger partial charge in [0.1, 0.15) is 16.7 Å². The Morgan fingerprint density at radius 2 is 2.15 bits per heavy atom. The van der Waals surface area contributed by atoms with Crippen molar-refractivity contribution < 1.29 is 23.1 Å². The number of rotatable bonds is 6. The lowest BCUT2D eigenvalue weighted by Gasteiger charge is -2.13. The predicted molar refractivity (Wildman–Crippen MR) is 75.5 cm³/mol. The minimum absolute atomic E-state index is 0.0622. The number of anilines is 1. The van der Waals surface area contributed by atoms with Gasteiger partial charge in [-0.1, -0.05) is 0 Å². The van der Waals surface area contributed by atoms with Gasteiger partial charge in [0.15, 0.2) is 0 Å². The predicted octanol–water partition coefficient (Wildman–Crippen LogP) is -0.836. The van der Waals surface area contributed by atoms with Crippen LogP contribution in [-0.4, -0.2) is 39.2 Å². The minimum Gasteiger partial charge on any atom is -0.495 e. The molecule has 0 fully saturated rings. The van der Waals surface area contributed by atoms with E-state index in [-0.39, 0.29) is 16.3 Å². The van der Waals surface area contributed by atoms with Crippen LogP contribution in [-0.2, 0) is 14.8 Å². The Bertz CT molecular complexity index is 620. The maximum Gasteiger partial charge on any atom is 0.247 e. The number of sulfonamides is 1. The van der Waals surface area contributed by atoms with Gasteiger partial charge >= 0.3 is 0 Å². The number of carbonyl (C=O) groups is 1. The molecule has 8 nitrogen and oxygen atoms in total. The number of aliphatic hydroxyl groups excluding tert-OH is 1. The smallest absolute Gasteiger partial charge is 0.247 e. The molecule has 0 aliphatic carbocycles. The van der Waals surface area contributed by atoms with E-state index < -0.39 is 28.6 Å². The van der Waals surface area contributed by atoms with E-state index in [0.29, 0.717) is 4.47 Å². The van der Waals surface area contributed by atoms with E-state index >= 15 is 0 Å². The first-order chi connectivity index (χ1) is 9.19. The van der Waals surface area contributed by atoms with E-state index in [9.17, 15) is 18.3 Å². The van der Waals surface area contributed by atoms with Gasteiger partial charge in [0.25, 0.3) is 0 Å². The molecular weight excluding hydrogens is 354 g/mol. The quantitative estimate of drug-likeness (QED) is 0.482. The molecule has 1 aromatic carbocycles. The molecule has 0 saturated heterocycles. The van der Waals surface area contributed by atoms with Crippen molar-refractivity contribution in [2.45, 2.75) is 11.0 Å². The second-order valence-electron chi connectivity index (χ2n) is 3.79. The van der Waals surface area contributed by atoms with Crippen LogP contribution in [0.4, 0.5) is 5.69 Å². The highest BCUT2D eigenvalue weighted by Crippen LogP contribution is 2.32. The third kappa shape index (κ3) is 3.82. The molecule has 1 atom stereocenters. The van der Waals surface area contributed by atoms with Crippen LogP contribution in [0.1, 0.15) is 0 Å². The van der Waals surface area contributed by atoms with E-state index in [1.807, 2.05) is 4.72 Å². The van der Waals surface area contributed by atoms with Crippen LogP contribution in [0, 0.1) is 0 Å². The molecule has 0 aliphatic heterocycles. The van der Waals surface area contributed by atoms with E-state index in [1.54, 1.807) is 0 Å². The van der Waals surface area contributed by atoms with Crippen LogP contribution in [0.3, 0.4) is 0 Å². The molecule has 0 aromatic heterocycles. The average molecular weight is 368 g/mol. The normalized spacial score (nSPS) is 12.9. The van der Waals surface area contributed by atoms with Crippen LogP contribution in [0.2, 0.25) is 0 Å². The van der Waals surface area contributed by atoms with Gasteiger partial charge in [-0.3, -0.25) is 4.79 Å². The topological polar surface area (TPSA) is 145 Å². The molecule has 1 unspecified atom stereocenters. The number of nitrogens with two attached hydrogens (primary N) is 2. The summed E-state index contributed by atoms with van der Waals surface area (Å²) < 4.78 is 31.6. The number of aliphatic hydroxyl groups is 1. The summed E-state index contributed by atoms with van der Waals surface area (Å²) in [6.45, 7) is -0.545. The van der Waals surface area contributed by atoms with Crippen molar-refractivity contribution >= 4 is 37.5 Å². The van der Waals surface area contributed by atoms with E-state index in [0.717, 1.165) is 0 Å². The number of hydrogen-bond acceptors (Lipinski definition) is 6. The summed E-state index contributed by atoms with van der Waals surface area (Å²) in [7, 11) is -2.71. The summed E-state index contributed by atoms with van der Waals surface area (Å²) in [6.07, 6.45) is -1.62. The Labute approximate surface area is 124 Å². The molecule has 20 heavy (non-hydrogen) atoms. The van der Waals surface area contributed by atoms with Crippen molar-refractivity contribution in [3.05, 3.63) is 16.6 Å². The molecule has 1 aromatic rings. The maximum absolute atomic E-state index is 12.1. The minimum atomic E-state index is -4.01. The van der Waals surface area contributed by atoms with Crippen LogP contribution in [0.5, 0.6) is 5.75 Å². The summed E-state index contributed by atoms with van der Waals surface area (Å²) in [6, 6.07) is 2.59. The van der Waals surface area contributed by atoms with Gasteiger partial charge in [-0.15, -0.1) is 0 Å². The van der Waals surface area contributed by atoms with Crippen LogP contribution < -0.4 is 20.9 Å². The summed E-state index contributed by atoms with van der Waals surface area (Å²) >= 11 is 3.15. The summed E-state index contributed by atoms with van der Waals surface area (Å²) in [5.74, 6) is -0.970. The third-order valence-corrected chi connectivity index (χ3v) is 4.50. The number of hydrogen-bond donors (Lipinski definition) is 4. The van der Waals surface area contributed by atoms with Gasteiger partial charge in [0.05, 0.1) is 7.11 Å². The monoisotopic (exact) mass is 367 g/mol. The van der Waals surface area contributed by atoms with E-state index in [4.69, 9.17) is 16.2 Å². The zero-order valence-electron chi connectivity index (χ0n) is 10.5. The zero-order chi connectivity index (χ0) is 15.5. The maximum atomic E-state index is 12.1. The molecule has 0 heterocycles. The van der Waals surface area contributed by atoms with Crippen LogP contribution >= 0.6 is 15.9 Å². The number of carbonyl (C=O) groups excluding carboxylic acids is 1. The fourth-order valence-electron chi connectivity index (χ4n) is 1.29. The SMILES string of the molecule is COc1cc(Br)c(N)cc1S(=O)(=O)NCC(O)C(N)=O. The number of benzene rings is 1. The lowest BCUT2D eigenvalue weighted by atomic mass is 10.3. The molecule has 112 valence electrons. The molecule has 1 rings (SSSR count). The first kappa shape index (κ1) is 16.7. The molecule has 1 amide bonds. The first-order valence-corrected chi connectivity index (χ1v) is 7.56. The lowest BCUT2D eigenvalue weighted by molar-refractivity contribution is -0.125. The van der Waals surface area contributed by atoms with E-state index in [2.05, 4.69) is 15.9 Å². The Kier molecular flexibility index (Phi) is 5.34. The largest absolute Gasteiger partial charge is 0.495 e. The van der Waals surface area contributed by atoms with Crippen LogP contribution in [0.15, 0.2) is 21.5 Å². The number of primary amides is 1. The van der Waals surface area contributed by atoms with Crippen molar-refractivity contribution in [1.82, 2.24) is 4.72 Å². The highest BCUT2D eigenvalue weighted by molar-refractivity contribution is 9.10. The van der Waals surface area contributed by atoms with Crippen molar-refractivity contribution in [3.8, 4) is 5.75 Å². The molecule has 0 saturated carbocycles. The van der Waals surface area contributed by atoms with Crippen molar-refractivity contribution in [3.63, 3.8) is 0 Å². The van der Waals surface area contributed by atoms with Crippen LogP contribution in [0.25, 0.3) is 0 Å². The number of nitrogens with one attached hydrogen (secondary N) is 1. The van der Waals surface area contributed by atoms with Gasteiger partial charge in [-0.25, -0.2) is 13.1 Å². The molecular formula is C10H14BrN3O5S. The Morgan fingerprint density at radius 1 is 1.55 bits per heavy atom. The summed E-state index contributed by atoms with van der Waals surface area (Å²) in [5.41, 5.74) is 10.7. The molecule has 0 spiro atoms. The second-order valence-corrected chi connectivity index (χ2v) is 6.38. The number of methoxy groups -OCH3 is 1. The van der Waals surface area contributed by atoms with Gasteiger partial charge in [-0.2, -0.15) is 0 Å². The Balaban J connectivity index is 3.09. The highest BCUT2D eigenvalue weighted by atomic mass is 79.9. The number of halogens is 1. The molecule has 0 aliphatic rings. The van der Waals surface area contributed by atoms with Gasteiger partial charge < -0.3 is 21.3 Å². The molecule has 6 N–H and O–H groups in total. The first-order valence-electron chi connectivity index (χ1n) is 5.29. The fourth-order valence-corrected chi connectivity index (χ4v) is 2.83. The third-order valence-electron chi connectivity index (χ3n) is 2.37. The number of ether oxygens (including phenoxy) is 1. The lowest BCUT2D eigenvalue weighted by Crippen LogP contribution is -2.40. The Hall–Kier alpha value is -1.36. The number of amides is 1. The molecule has 0 bridgehead atoms. The molecule has 0 radical (unpaired) electrons. The second kappa shape index (κ2) is 6.39. The highest BCUT2D eigenvalue weighted by Gasteiger charge is 2.23. The van der Waals surface area contributed by atoms with Gasteiger partial charge in [-0.05, 0) is 28.1 Å². The summed E-state index contributed by atoms with van der Waals surface area (Å²) in [5, 5.41) is 9.20. The van der Waals surface area contributed by atoms with E-state index in [1.165, 1.54) is 19.2 Å². The standard InChI is InChI=1S/C10H14BrN3O5S/c1-19-8-2-5(11)6(12)3-9(8)20(17,18)14-4-7(15)10(13)16/h2-3,7,14-15H,4,12H2,1H3,(H2,13,16). The molecule has 10 heteroatoms. The summed E-state index contributed by atoms with van der Waals surface area (Å²) in [4.78, 5) is 10.5.